The number of nitrogens with one attached hydrogen (secondary N) is 2. The van der Waals surface area contributed by atoms with Gasteiger partial charge in [-0.2, -0.15) is 0 Å². The van der Waals surface area contributed by atoms with Crippen molar-refractivity contribution in [2.75, 3.05) is 18.4 Å². The molecule has 1 aliphatic rings. The number of hydrogen-bond donors (Lipinski definition) is 2. The molecule has 178 valence electrons. The molecule has 0 bridgehead atoms. The molecule has 0 saturated carbocycles. The number of aromatic nitrogens is 1. The molecule has 4 rings (SSSR count). The topological polar surface area (TPSA) is 69.1 Å². The van der Waals surface area contributed by atoms with Crippen LogP contribution in [0.2, 0.25) is 10.0 Å². The minimum absolute atomic E-state index is 0. The Bertz CT molecular complexity index is 1120. The third-order valence-electron chi connectivity index (χ3n) is 5.87. The summed E-state index contributed by atoms with van der Waals surface area (Å²) in [5.41, 5.74) is 3.55. The molecular formula is C27H30Cl2N4O. The fraction of sp³-hybridized carbons (Fsp3) is 0.296. The molecule has 3 aromatic rings. The lowest BCUT2D eigenvalue weighted by molar-refractivity contribution is 0.102. The molecule has 2 heterocycles. The number of carbonyl (C=O) groups is 1. The van der Waals surface area contributed by atoms with Crippen LogP contribution < -0.4 is 5.32 Å². The quantitative estimate of drug-likeness (QED) is 0.288. The van der Waals surface area contributed by atoms with Gasteiger partial charge in [0.2, 0.25) is 0 Å². The van der Waals surface area contributed by atoms with Crippen LogP contribution in [0, 0.1) is 5.41 Å². The molecule has 1 saturated heterocycles. The van der Waals surface area contributed by atoms with Crippen molar-refractivity contribution in [3.05, 3.63) is 93.1 Å². The second-order valence-corrected chi connectivity index (χ2v) is 9.08. The summed E-state index contributed by atoms with van der Waals surface area (Å²) < 4.78 is 0. The van der Waals surface area contributed by atoms with Gasteiger partial charge in [0.15, 0.2) is 0 Å². The predicted octanol–water partition coefficient (Wildman–Crippen LogP) is 6.87. The number of likely N-dealkylation sites (tertiary alicyclic amines) is 1. The predicted molar refractivity (Wildman–Crippen MR) is 141 cm³/mol. The Morgan fingerprint density at radius 3 is 2.32 bits per heavy atom. The van der Waals surface area contributed by atoms with E-state index < -0.39 is 0 Å². The summed E-state index contributed by atoms with van der Waals surface area (Å²) in [4.78, 5) is 19.2. The number of amides is 1. The normalized spacial score (nSPS) is 13.2. The lowest BCUT2D eigenvalue weighted by atomic mass is 9.98. The van der Waals surface area contributed by atoms with E-state index in [1.54, 1.807) is 24.3 Å². The standard InChI is InChI=1S/C26H26Cl2N4O.CH4/c27-21-11-10-19(23(16-21)26(33)31-24-13-12-22(28)17-30-24)7-4-18-5-8-20(9-6-18)25(29)32-14-2-1-3-15-32;/h5-6,8-13,16-17,29H,1-4,7,14-15H2,(H,30,31,33);1H4. The molecular weight excluding hydrogens is 467 g/mol. The smallest absolute Gasteiger partial charge is 0.257 e. The third kappa shape index (κ3) is 6.58. The Hall–Kier alpha value is -2.89. The van der Waals surface area contributed by atoms with Gasteiger partial charge in [-0.15, -0.1) is 0 Å². The molecule has 5 nitrogen and oxygen atoms in total. The van der Waals surface area contributed by atoms with Crippen LogP contribution in [-0.2, 0) is 12.8 Å². The first-order valence-electron chi connectivity index (χ1n) is 11.1. The molecule has 0 spiro atoms. The van der Waals surface area contributed by atoms with Crippen LogP contribution in [0.15, 0.2) is 60.8 Å². The average Bonchev–Trinajstić information content (AvgIpc) is 2.85. The number of carbonyl (C=O) groups excluding carboxylic acids is 1. The summed E-state index contributed by atoms with van der Waals surface area (Å²) in [6.07, 6.45) is 6.53. The Balaban J connectivity index is 0.00000324. The zero-order chi connectivity index (χ0) is 23.2. The molecule has 1 fully saturated rings. The number of halogens is 2. The van der Waals surface area contributed by atoms with Gasteiger partial charge in [-0.25, -0.2) is 4.98 Å². The van der Waals surface area contributed by atoms with Gasteiger partial charge in [-0.1, -0.05) is 61.0 Å². The molecule has 0 aliphatic carbocycles. The first kappa shape index (κ1) is 25.7. The van der Waals surface area contributed by atoms with E-state index >= 15 is 0 Å². The Morgan fingerprint density at radius 1 is 0.941 bits per heavy atom. The van der Waals surface area contributed by atoms with Crippen LogP contribution in [0.5, 0.6) is 0 Å². The maximum Gasteiger partial charge on any atom is 0.257 e. The maximum atomic E-state index is 12.9. The lowest BCUT2D eigenvalue weighted by Gasteiger charge is -2.29. The van der Waals surface area contributed by atoms with Gasteiger partial charge in [-0.05, 0) is 67.5 Å². The van der Waals surface area contributed by atoms with Crippen molar-refractivity contribution in [3.8, 4) is 0 Å². The van der Waals surface area contributed by atoms with Gasteiger partial charge < -0.3 is 10.2 Å². The van der Waals surface area contributed by atoms with E-state index in [0.717, 1.165) is 49.0 Å². The summed E-state index contributed by atoms with van der Waals surface area (Å²) in [5, 5.41) is 12.3. The van der Waals surface area contributed by atoms with Crippen LogP contribution in [-0.4, -0.2) is 34.7 Å². The lowest BCUT2D eigenvalue weighted by Crippen LogP contribution is -2.35. The summed E-state index contributed by atoms with van der Waals surface area (Å²) >= 11 is 12.0. The molecule has 1 aromatic heterocycles. The second kappa shape index (κ2) is 12.0. The van der Waals surface area contributed by atoms with E-state index in [2.05, 4.69) is 27.3 Å². The first-order chi connectivity index (χ1) is 16.0. The molecule has 2 aromatic carbocycles. The highest BCUT2D eigenvalue weighted by Crippen LogP contribution is 2.21. The van der Waals surface area contributed by atoms with Crippen LogP contribution >= 0.6 is 23.2 Å². The van der Waals surface area contributed by atoms with E-state index in [1.807, 2.05) is 18.2 Å². The first-order valence-corrected chi connectivity index (χ1v) is 11.9. The van der Waals surface area contributed by atoms with Crippen molar-refractivity contribution in [3.63, 3.8) is 0 Å². The van der Waals surface area contributed by atoms with Crippen LogP contribution in [0.1, 0.15) is 53.7 Å². The van der Waals surface area contributed by atoms with E-state index in [1.165, 1.54) is 12.6 Å². The SMILES string of the molecule is C.N=C(c1ccc(CCc2ccc(Cl)cc2C(=O)Nc2ccc(Cl)cn2)cc1)N1CCCCC1. The van der Waals surface area contributed by atoms with Crippen molar-refractivity contribution in [1.82, 2.24) is 9.88 Å². The third-order valence-corrected chi connectivity index (χ3v) is 6.33. The summed E-state index contributed by atoms with van der Waals surface area (Å²) in [6, 6.07) is 16.9. The van der Waals surface area contributed by atoms with E-state index in [-0.39, 0.29) is 13.3 Å². The van der Waals surface area contributed by atoms with Crippen molar-refractivity contribution in [1.29, 1.82) is 5.41 Å². The number of piperidine rings is 1. The number of hydrogen-bond acceptors (Lipinski definition) is 3. The Labute approximate surface area is 211 Å². The molecule has 0 atom stereocenters. The minimum Gasteiger partial charge on any atom is -0.357 e. The fourth-order valence-corrected chi connectivity index (χ4v) is 4.30. The van der Waals surface area contributed by atoms with Crippen molar-refractivity contribution < 1.29 is 4.79 Å². The van der Waals surface area contributed by atoms with E-state index in [4.69, 9.17) is 28.6 Å². The van der Waals surface area contributed by atoms with Crippen LogP contribution in [0.4, 0.5) is 5.82 Å². The Kier molecular flexibility index (Phi) is 9.08. The summed E-state index contributed by atoms with van der Waals surface area (Å²) in [5.74, 6) is 0.781. The maximum absolute atomic E-state index is 12.9. The summed E-state index contributed by atoms with van der Waals surface area (Å²) in [6.45, 7) is 1.93. The number of nitrogens with zero attached hydrogens (tertiary/aromatic N) is 2. The zero-order valence-electron chi connectivity index (χ0n) is 18.3. The largest absolute Gasteiger partial charge is 0.357 e. The van der Waals surface area contributed by atoms with Gasteiger partial charge in [0.05, 0.1) is 5.02 Å². The Morgan fingerprint density at radius 2 is 1.65 bits per heavy atom. The molecule has 7 heteroatoms. The molecule has 1 amide bonds. The van der Waals surface area contributed by atoms with Crippen LogP contribution in [0.25, 0.3) is 0 Å². The number of anilines is 1. The highest BCUT2D eigenvalue weighted by Gasteiger charge is 2.16. The van der Waals surface area contributed by atoms with Gasteiger partial charge in [0, 0.05) is 35.4 Å². The van der Waals surface area contributed by atoms with Crippen LogP contribution in [0.3, 0.4) is 0 Å². The highest BCUT2D eigenvalue weighted by atomic mass is 35.5. The molecule has 2 N–H and O–H groups in total. The average molecular weight is 497 g/mol. The highest BCUT2D eigenvalue weighted by molar-refractivity contribution is 6.31. The van der Waals surface area contributed by atoms with Crippen molar-refractivity contribution in [2.24, 2.45) is 0 Å². The van der Waals surface area contributed by atoms with Crippen molar-refractivity contribution in [2.45, 2.75) is 39.5 Å². The number of aryl methyl sites for hydroxylation is 2. The number of benzene rings is 2. The molecule has 34 heavy (non-hydrogen) atoms. The zero-order valence-corrected chi connectivity index (χ0v) is 19.8. The van der Waals surface area contributed by atoms with Gasteiger partial charge >= 0.3 is 0 Å². The molecule has 0 radical (unpaired) electrons. The molecule has 1 aliphatic heterocycles. The van der Waals surface area contributed by atoms with E-state index in [9.17, 15) is 4.79 Å². The molecule has 0 unspecified atom stereocenters. The number of amidine groups is 1. The number of rotatable bonds is 6. The fourth-order valence-electron chi connectivity index (χ4n) is 4.02. The summed E-state index contributed by atoms with van der Waals surface area (Å²) in [7, 11) is 0. The van der Waals surface area contributed by atoms with Crippen molar-refractivity contribution >= 4 is 40.8 Å². The monoisotopic (exact) mass is 496 g/mol. The van der Waals surface area contributed by atoms with Gasteiger partial charge in [-0.3, -0.25) is 10.2 Å². The van der Waals surface area contributed by atoms with Gasteiger partial charge in [0.25, 0.3) is 5.91 Å². The number of pyridine rings is 1. The second-order valence-electron chi connectivity index (χ2n) is 8.21. The van der Waals surface area contributed by atoms with Gasteiger partial charge in [0.1, 0.15) is 11.7 Å². The van der Waals surface area contributed by atoms with E-state index in [0.29, 0.717) is 33.7 Å². The minimum atomic E-state index is -0.257.